The summed E-state index contributed by atoms with van der Waals surface area (Å²) in [6.45, 7) is 0.0553. The molecule has 14 heteroatoms. The van der Waals surface area contributed by atoms with Gasteiger partial charge in [0.2, 0.25) is 5.91 Å². The number of halogens is 6. The van der Waals surface area contributed by atoms with Crippen molar-refractivity contribution >= 4 is 23.3 Å². The van der Waals surface area contributed by atoms with Gasteiger partial charge in [0.1, 0.15) is 6.61 Å². The molecule has 45 heavy (non-hydrogen) atoms. The number of anilines is 2. The zero-order valence-electron chi connectivity index (χ0n) is 23.7. The number of rotatable bonds is 9. The van der Waals surface area contributed by atoms with E-state index in [0.717, 1.165) is 30.9 Å². The standard InChI is InChI=1S/C31H27F6N5O3/c1-41(28(43)21-15-22(16-21)29(44)45-18-19-7-3-2-4-8-19)26(30(32,33)34)20-10-12-23(13-11-20)40-24-17-39-42(27(24)31(35,36)37)25-9-5-6-14-38-25/h2-14,17,21-22,26,40H,15-16,18H2,1H3/t21?,22?,26-/m0/s1. The minimum absolute atomic E-state index is 0.0553. The minimum Gasteiger partial charge on any atom is -0.461 e. The first-order valence-electron chi connectivity index (χ1n) is 13.8. The highest BCUT2D eigenvalue weighted by molar-refractivity contribution is 5.84. The SMILES string of the molecule is CN(C(=O)C1CC(C(=O)OCc2ccccc2)C1)[C@@H](c1ccc(Nc2cnn(-c3ccccn3)c2C(F)(F)F)cc1)C(F)(F)F. The normalized spacial score (nSPS) is 17.2. The van der Waals surface area contributed by atoms with Gasteiger partial charge >= 0.3 is 18.3 Å². The molecule has 236 valence electrons. The number of hydrogen-bond acceptors (Lipinski definition) is 6. The summed E-state index contributed by atoms with van der Waals surface area (Å²) in [6.07, 6.45) is -7.30. The summed E-state index contributed by atoms with van der Waals surface area (Å²) in [6, 6.07) is 15.6. The van der Waals surface area contributed by atoms with E-state index in [2.05, 4.69) is 15.4 Å². The van der Waals surface area contributed by atoms with Crippen LogP contribution in [0.15, 0.2) is 85.2 Å². The Morgan fingerprint density at radius 1 is 0.956 bits per heavy atom. The van der Waals surface area contributed by atoms with Crippen molar-refractivity contribution in [2.45, 2.75) is 37.8 Å². The summed E-state index contributed by atoms with van der Waals surface area (Å²) in [4.78, 5) is 29.9. The van der Waals surface area contributed by atoms with E-state index in [-0.39, 0.29) is 36.5 Å². The first-order valence-corrected chi connectivity index (χ1v) is 13.8. The van der Waals surface area contributed by atoms with Gasteiger partial charge in [-0.15, -0.1) is 0 Å². The maximum Gasteiger partial charge on any atom is 0.435 e. The molecular formula is C31H27F6N5O3. The number of ether oxygens (including phenoxy) is 1. The maximum absolute atomic E-state index is 14.2. The molecule has 1 fully saturated rings. The summed E-state index contributed by atoms with van der Waals surface area (Å²) in [7, 11) is 1.04. The van der Waals surface area contributed by atoms with E-state index in [4.69, 9.17) is 4.74 Å². The molecule has 0 saturated heterocycles. The van der Waals surface area contributed by atoms with Crippen molar-refractivity contribution in [1.82, 2.24) is 19.7 Å². The molecule has 0 aliphatic heterocycles. The Bertz CT molecular complexity index is 1620. The topological polar surface area (TPSA) is 89.4 Å². The monoisotopic (exact) mass is 631 g/mol. The van der Waals surface area contributed by atoms with Crippen LogP contribution in [-0.4, -0.2) is 44.8 Å². The number of nitrogens with one attached hydrogen (secondary N) is 1. The molecule has 0 radical (unpaired) electrons. The van der Waals surface area contributed by atoms with E-state index < -0.39 is 53.5 Å². The largest absolute Gasteiger partial charge is 0.461 e. The lowest BCUT2D eigenvalue weighted by Gasteiger charge is -2.38. The molecule has 2 aromatic heterocycles. The Morgan fingerprint density at radius 2 is 1.62 bits per heavy atom. The van der Waals surface area contributed by atoms with Crippen LogP contribution in [0.2, 0.25) is 0 Å². The molecule has 0 spiro atoms. The van der Waals surface area contributed by atoms with Crippen molar-refractivity contribution in [2.75, 3.05) is 12.4 Å². The third kappa shape index (κ3) is 7.10. The molecule has 2 aromatic carbocycles. The molecular weight excluding hydrogens is 604 g/mol. The maximum atomic E-state index is 14.2. The molecule has 2 heterocycles. The van der Waals surface area contributed by atoms with Gasteiger partial charge in [0.05, 0.1) is 17.8 Å². The fourth-order valence-electron chi connectivity index (χ4n) is 5.18. The molecule has 5 rings (SSSR count). The van der Waals surface area contributed by atoms with Gasteiger partial charge in [-0.25, -0.2) is 9.67 Å². The number of esters is 1. The van der Waals surface area contributed by atoms with Gasteiger partial charge in [0.15, 0.2) is 17.6 Å². The number of amides is 1. The third-order valence-corrected chi connectivity index (χ3v) is 7.50. The number of alkyl halides is 6. The van der Waals surface area contributed by atoms with Crippen LogP contribution < -0.4 is 5.32 Å². The van der Waals surface area contributed by atoms with E-state index in [1.807, 2.05) is 6.07 Å². The Hall–Kier alpha value is -4.88. The minimum atomic E-state index is -4.86. The third-order valence-electron chi connectivity index (χ3n) is 7.50. The second kappa shape index (κ2) is 12.6. The average molecular weight is 632 g/mol. The van der Waals surface area contributed by atoms with Gasteiger partial charge in [0.25, 0.3) is 0 Å². The number of hydrogen-bond donors (Lipinski definition) is 1. The summed E-state index contributed by atoms with van der Waals surface area (Å²) >= 11 is 0. The molecule has 1 aliphatic rings. The van der Waals surface area contributed by atoms with Crippen molar-refractivity contribution in [3.63, 3.8) is 0 Å². The van der Waals surface area contributed by atoms with Gasteiger partial charge < -0.3 is 15.0 Å². The van der Waals surface area contributed by atoms with Gasteiger partial charge in [-0.3, -0.25) is 9.59 Å². The molecule has 1 atom stereocenters. The van der Waals surface area contributed by atoms with Crippen LogP contribution in [0.1, 0.15) is 35.7 Å². The van der Waals surface area contributed by atoms with E-state index in [1.54, 1.807) is 24.3 Å². The fourth-order valence-corrected chi connectivity index (χ4v) is 5.18. The molecule has 1 aliphatic carbocycles. The van der Waals surface area contributed by atoms with E-state index >= 15 is 0 Å². The van der Waals surface area contributed by atoms with Crippen LogP contribution in [0, 0.1) is 11.8 Å². The number of nitrogens with zero attached hydrogens (tertiary/aromatic N) is 4. The second-order valence-corrected chi connectivity index (χ2v) is 10.6. The highest BCUT2D eigenvalue weighted by Gasteiger charge is 2.49. The van der Waals surface area contributed by atoms with Gasteiger partial charge in [-0.05, 0) is 48.2 Å². The predicted octanol–water partition coefficient (Wildman–Crippen LogP) is 6.86. The van der Waals surface area contributed by atoms with E-state index in [0.29, 0.717) is 9.58 Å². The molecule has 1 amide bonds. The quantitative estimate of drug-likeness (QED) is 0.160. The molecule has 0 unspecified atom stereocenters. The lowest BCUT2D eigenvalue weighted by Crippen LogP contribution is -2.47. The number of benzene rings is 2. The predicted molar refractivity (Wildman–Crippen MR) is 150 cm³/mol. The van der Waals surface area contributed by atoms with Crippen molar-refractivity contribution in [3.8, 4) is 5.82 Å². The van der Waals surface area contributed by atoms with Crippen LogP contribution in [0.4, 0.5) is 37.7 Å². The summed E-state index contributed by atoms with van der Waals surface area (Å²) in [5.74, 6) is -2.74. The smallest absolute Gasteiger partial charge is 0.435 e. The average Bonchev–Trinajstić information content (AvgIpc) is 3.41. The molecule has 4 aromatic rings. The summed E-state index contributed by atoms with van der Waals surface area (Å²) < 4.78 is 90.5. The van der Waals surface area contributed by atoms with Crippen molar-refractivity contribution in [1.29, 1.82) is 0 Å². The highest BCUT2D eigenvalue weighted by atomic mass is 19.4. The van der Waals surface area contributed by atoms with Gasteiger partial charge in [-0.1, -0.05) is 48.5 Å². The van der Waals surface area contributed by atoms with Crippen molar-refractivity contribution in [2.24, 2.45) is 11.8 Å². The zero-order valence-corrected chi connectivity index (χ0v) is 23.7. The molecule has 1 N–H and O–H groups in total. The van der Waals surface area contributed by atoms with E-state index in [9.17, 15) is 35.9 Å². The van der Waals surface area contributed by atoms with Crippen LogP contribution in [0.3, 0.4) is 0 Å². The summed E-state index contributed by atoms with van der Waals surface area (Å²) in [5, 5.41) is 6.35. The van der Waals surface area contributed by atoms with Crippen LogP contribution >= 0.6 is 0 Å². The number of carbonyl (C=O) groups is 2. The Labute approximate surface area is 253 Å². The summed E-state index contributed by atoms with van der Waals surface area (Å²) in [5.41, 5.74) is -1.01. The van der Waals surface area contributed by atoms with Crippen LogP contribution in [-0.2, 0) is 27.1 Å². The number of aromatic nitrogens is 3. The van der Waals surface area contributed by atoms with Crippen LogP contribution in [0.25, 0.3) is 5.82 Å². The van der Waals surface area contributed by atoms with Gasteiger partial charge in [-0.2, -0.15) is 31.4 Å². The number of pyridine rings is 1. The van der Waals surface area contributed by atoms with E-state index in [1.165, 1.54) is 36.5 Å². The Balaban J connectivity index is 1.25. The number of carbonyl (C=O) groups excluding carboxylic acids is 2. The highest BCUT2D eigenvalue weighted by Crippen LogP contribution is 2.42. The van der Waals surface area contributed by atoms with Gasteiger partial charge in [0, 0.05) is 24.8 Å². The van der Waals surface area contributed by atoms with Crippen molar-refractivity contribution in [3.05, 3.63) is 102 Å². The molecule has 0 bridgehead atoms. The fraction of sp³-hybridized carbons (Fsp3) is 0.290. The Morgan fingerprint density at radius 3 is 2.22 bits per heavy atom. The molecule has 8 nitrogen and oxygen atoms in total. The first-order chi connectivity index (χ1) is 21.3. The lowest BCUT2D eigenvalue weighted by atomic mass is 9.74. The van der Waals surface area contributed by atoms with Crippen LogP contribution in [0.5, 0.6) is 0 Å². The van der Waals surface area contributed by atoms with Crippen molar-refractivity contribution < 1.29 is 40.7 Å². The Kier molecular flexibility index (Phi) is 8.84. The lowest BCUT2D eigenvalue weighted by molar-refractivity contribution is -0.192. The second-order valence-electron chi connectivity index (χ2n) is 10.6. The zero-order chi connectivity index (χ0) is 32.4. The molecule has 1 saturated carbocycles. The first kappa shape index (κ1) is 31.5.